The van der Waals surface area contributed by atoms with Crippen LogP contribution in [0.15, 0.2) is 0 Å². The lowest BCUT2D eigenvalue weighted by molar-refractivity contribution is 0.0000538. The molecule has 0 N–H and O–H groups in total. The highest BCUT2D eigenvalue weighted by Gasteiger charge is 2.37. The monoisotopic (exact) mass is 470 g/mol. The smallest absolute Gasteiger partial charge is 0.0593 e. The molecule has 2 aliphatic heterocycles. The Morgan fingerprint density at radius 3 is 1.48 bits per heavy atom. The van der Waals surface area contributed by atoms with Crippen molar-refractivity contribution in [1.29, 1.82) is 0 Å². The first-order valence-corrected chi connectivity index (χ1v) is 13.7. The topological polar surface area (TPSA) is 43.4 Å². The largest absolute Gasteiger partial charge is 0.385 e. The van der Waals surface area contributed by atoms with E-state index >= 15 is 0 Å². The van der Waals surface area contributed by atoms with Gasteiger partial charge in [-0.1, -0.05) is 13.8 Å². The molecule has 6 heteroatoms. The molecule has 2 heterocycles. The zero-order valence-electron chi connectivity index (χ0n) is 22.3. The summed E-state index contributed by atoms with van der Waals surface area (Å²) in [7, 11) is 3.54. The van der Waals surface area contributed by atoms with Crippen LogP contribution in [-0.2, 0) is 18.9 Å². The van der Waals surface area contributed by atoms with Crippen LogP contribution in [0.4, 0.5) is 0 Å². The van der Waals surface area contributed by atoms with Gasteiger partial charge >= 0.3 is 0 Å². The van der Waals surface area contributed by atoms with Crippen molar-refractivity contribution in [2.75, 3.05) is 93.1 Å². The van der Waals surface area contributed by atoms with Gasteiger partial charge in [-0.15, -0.1) is 0 Å². The Hall–Kier alpha value is -0.240. The van der Waals surface area contributed by atoms with Crippen molar-refractivity contribution in [2.45, 2.75) is 58.8 Å². The molecule has 0 aliphatic carbocycles. The van der Waals surface area contributed by atoms with E-state index in [1.165, 1.54) is 45.4 Å². The van der Waals surface area contributed by atoms with Gasteiger partial charge in [-0.3, -0.25) is 0 Å². The van der Waals surface area contributed by atoms with Gasteiger partial charge in [0.25, 0.3) is 0 Å². The highest BCUT2D eigenvalue weighted by atomic mass is 16.5. The van der Waals surface area contributed by atoms with Crippen LogP contribution in [0, 0.1) is 23.7 Å². The number of rotatable bonds is 18. The van der Waals surface area contributed by atoms with E-state index in [-0.39, 0.29) is 0 Å². The van der Waals surface area contributed by atoms with Crippen LogP contribution < -0.4 is 0 Å². The van der Waals surface area contributed by atoms with Crippen molar-refractivity contribution in [3.8, 4) is 0 Å². The third-order valence-electron chi connectivity index (χ3n) is 7.88. The Morgan fingerprint density at radius 2 is 1.00 bits per heavy atom. The maximum atomic E-state index is 5.94. The van der Waals surface area contributed by atoms with Gasteiger partial charge in [0.2, 0.25) is 0 Å². The summed E-state index contributed by atoms with van der Waals surface area (Å²) in [6.45, 7) is 17.3. The second kappa shape index (κ2) is 18.1. The van der Waals surface area contributed by atoms with E-state index in [1.54, 1.807) is 14.2 Å². The summed E-state index contributed by atoms with van der Waals surface area (Å²) >= 11 is 0. The van der Waals surface area contributed by atoms with Crippen LogP contribution >= 0.6 is 0 Å². The van der Waals surface area contributed by atoms with Crippen LogP contribution in [0.2, 0.25) is 0 Å². The summed E-state index contributed by atoms with van der Waals surface area (Å²) in [5.41, 5.74) is 0. The van der Waals surface area contributed by atoms with E-state index in [4.69, 9.17) is 18.9 Å². The fourth-order valence-electron chi connectivity index (χ4n) is 5.53. The fourth-order valence-corrected chi connectivity index (χ4v) is 5.53. The van der Waals surface area contributed by atoms with Crippen molar-refractivity contribution >= 4 is 0 Å². The van der Waals surface area contributed by atoms with Crippen molar-refractivity contribution in [3.63, 3.8) is 0 Å². The summed E-state index contributed by atoms with van der Waals surface area (Å²) in [6.07, 6.45) is 8.34. The highest BCUT2D eigenvalue weighted by molar-refractivity contribution is 4.89. The summed E-state index contributed by atoms with van der Waals surface area (Å²) in [5, 5.41) is 0. The third-order valence-corrected chi connectivity index (χ3v) is 7.88. The van der Waals surface area contributed by atoms with Crippen LogP contribution in [0.1, 0.15) is 58.8 Å². The molecule has 196 valence electrons. The predicted octanol–water partition coefficient (Wildman–Crippen LogP) is 4.18. The number of piperidine rings is 2. The minimum absolute atomic E-state index is 0.806. The quantitative estimate of drug-likeness (QED) is 0.280. The molecule has 0 saturated carbocycles. The molecular formula is C27H54N2O4. The third kappa shape index (κ3) is 11.8. The van der Waals surface area contributed by atoms with Crippen molar-refractivity contribution in [3.05, 3.63) is 0 Å². The number of nitrogens with zero attached hydrogens (tertiary/aromatic N) is 2. The maximum absolute atomic E-state index is 5.94. The van der Waals surface area contributed by atoms with Crippen molar-refractivity contribution < 1.29 is 18.9 Å². The number of unbranched alkanes of at least 4 members (excludes halogenated alkanes) is 3. The zero-order valence-corrected chi connectivity index (χ0v) is 22.3. The molecule has 2 saturated heterocycles. The highest BCUT2D eigenvalue weighted by Crippen LogP contribution is 2.37. The average Bonchev–Trinajstić information content (AvgIpc) is 2.82. The average molecular weight is 471 g/mol. The lowest BCUT2D eigenvalue weighted by atomic mass is 9.70. The Kier molecular flexibility index (Phi) is 15.9. The number of hydrogen-bond acceptors (Lipinski definition) is 6. The summed E-state index contributed by atoms with van der Waals surface area (Å²) in [5.74, 6) is 3.26. The molecule has 0 aromatic heterocycles. The Balaban J connectivity index is 1.66. The Bertz CT molecular complexity index is 467. The minimum Gasteiger partial charge on any atom is -0.385 e. The van der Waals surface area contributed by atoms with E-state index in [9.17, 15) is 0 Å². The van der Waals surface area contributed by atoms with Gasteiger partial charge in [-0.2, -0.15) is 0 Å². The molecule has 6 nitrogen and oxygen atoms in total. The molecule has 0 aromatic carbocycles. The Morgan fingerprint density at radius 1 is 0.576 bits per heavy atom. The van der Waals surface area contributed by atoms with E-state index in [1.807, 2.05) is 0 Å². The van der Waals surface area contributed by atoms with Gasteiger partial charge in [0.15, 0.2) is 0 Å². The van der Waals surface area contributed by atoms with E-state index in [0.29, 0.717) is 0 Å². The van der Waals surface area contributed by atoms with Crippen LogP contribution in [0.3, 0.4) is 0 Å². The molecule has 33 heavy (non-hydrogen) atoms. The van der Waals surface area contributed by atoms with Crippen LogP contribution in [-0.4, -0.2) is 103 Å². The zero-order chi connectivity index (χ0) is 23.7. The van der Waals surface area contributed by atoms with Crippen molar-refractivity contribution in [1.82, 2.24) is 9.80 Å². The molecule has 0 amide bonds. The van der Waals surface area contributed by atoms with E-state index in [2.05, 4.69) is 23.6 Å². The predicted molar refractivity (Wildman–Crippen MR) is 136 cm³/mol. The van der Waals surface area contributed by atoms with Gasteiger partial charge in [0, 0.05) is 66.8 Å². The SMILES string of the molecule is COCCCCCOCCN1CC[C@H](C)C(C2CN(CCOCCCCOC)CC[C@H]2C)C1. The molecule has 2 rings (SSSR count). The standard InChI is InChI=1S/C27H54N2O4/c1-24-10-12-28(14-20-32-18-7-5-6-16-30-3)22-26(24)27-23-29(13-11-25(27)2)15-21-33-19-9-8-17-31-4/h24-27H,5-23H2,1-4H3/t24-,25+,26?,27?/m0/s1. The summed E-state index contributed by atoms with van der Waals surface area (Å²) in [4.78, 5) is 5.34. The molecule has 0 radical (unpaired) electrons. The van der Waals surface area contributed by atoms with Crippen molar-refractivity contribution in [2.24, 2.45) is 23.7 Å². The number of likely N-dealkylation sites (tertiary alicyclic amines) is 2. The maximum Gasteiger partial charge on any atom is 0.0593 e. The summed E-state index contributed by atoms with van der Waals surface area (Å²) < 4.78 is 22.1. The first-order valence-electron chi connectivity index (χ1n) is 13.7. The van der Waals surface area contributed by atoms with Gasteiger partial charge in [-0.25, -0.2) is 0 Å². The first-order chi connectivity index (χ1) is 16.2. The van der Waals surface area contributed by atoms with Gasteiger partial charge in [0.05, 0.1) is 13.2 Å². The summed E-state index contributed by atoms with van der Waals surface area (Å²) in [6, 6.07) is 0. The Labute approximate surface area is 204 Å². The molecule has 0 bridgehead atoms. The number of methoxy groups -OCH3 is 2. The number of ether oxygens (including phenoxy) is 4. The lowest BCUT2D eigenvalue weighted by Crippen LogP contribution is -2.51. The molecule has 0 spiro atoms. The minimum atomic E-state index is 0.806. The van der Waals surface area contributed by atoms with E-state index < -0.39 is 0 Å². The second-order valence-corrected chi connectivity index (χ2v) is 10.4. The number of hydrogen-bond donors (Lipinski definition) is 0. The van der Waals surface area contributed by atoms with Gasteiger partial charge in [-0.05, 0) is 81.7 Å². The molecule has 2 fully saturated rings. The van der Waals surface area contributed by atoms with Gasteiger partial charge in [0.1, 0.15) is 0 Å². The van der Waals surface area contributed by atoms with Crippen LogP contribution in [0.5, 0.6) is 0 Å². The molecule has 2 unspecified atom stereocenters. The fraction of sp³-hybridized carbons (Fsp3) is 1.00. The molecule has 0 aromatic rings. The van der Waals surface area contributed by atoms with Crippen LogP contribution in [0.25, 0.3) is 0 Å². The molecular weight excluding hydrogens is 416 g/mol. The molecule has 4 atom stereocenters. The molecule has 2 aliphatic rings. The van der Waals surface area contributed by atoms with E-state index in [0.717, 1.165) is 102 Å². The normalized spacial score (nSPS) is 27.3. The lowest BCUT2D eigenvalue weighted by Gasteiger charge is -2.47. The van der Waals surface area contributed by atoms with Gasteiger partial charge < -0.3 is 28.7 Å². The second-order valence-electron chi connectivity index (χ2n) is 10.4. The first kappa shape index (κ1) is 29.0.